The molecular weight excluding hydrogens is 158 g/mol. The molecule has 0 spiro atoms. The molecule has 1 aliphatic carbocycles. The Hall–Kier alpha value is -0.510. The summed E-state index contributed by atoms with van der Waals surface area (Å²) in [7, 11) is 0. The monoisotopic (exact) mass is 179 g/mol. The van der Waals surface area contributed by atoms with Crippen LogP contribution in [0.4, 0.5) is 0 Å². The van der Waals surface area contributed by atoms with Crippen LogP contribution in [0, 0.1) is 22.7 Å². The first-order chi connectivity index (χ1) is 6.18. The third-order valence-electron chi connectivity index (χ3n) is 3.10. The van der Waals surface area contributed by atoms with Crippen LogP contribution in [0.15, 0.2) is 0 Å². The van der Waals surface area contributed by atoms with E-state index in [1.165, 1.54) is 25.7 Å². The van der Waals surface area contributed by atoms with Crippen LogP contribution in [0.1, 0.15) is 58.8 Å². The second-order valence-electron chi connectivity index (χ2n) is 4.90. The summed E-state index contributed by atoms with van der Waals surface area (Å²) in [6.45, 7) is 4.45. The van der Waals surface area contributed by atoms with E-state index < -0.39 is 0 Å². The van der Waals surface area contributed by atoms with E-state index in [1.807, 2.05) is 0 Å². The molecule has 0 aromatic heterocycles. The first-order valence-corrected chi connectivity index (χ1v) is 5.60. The highest BCUT2D eigenvalue weighted by molar-refractivity contribution is 4.99. The fourth-order valence-corrected chi connectivity index (χ4v) is 2.55. The fourth-order valence-electron chi connectivity index (χ4n) is 2.55. The van der Waals surface area contributed by atoms with E-state index in [0.29, 0.717) is 5.92 Å². The molecule has 1 heteroatoms. The third-order valence-corrected chi connectivity index (χ3v) is 3.10. The molecule has 1 rings (SSSR count). The standard InChI is InChI=1S/C12H21N/c1-11(2)9-12(10-13)7-5-3-4-6-8-12/h11H,3-9H2,1-2H3. The summed E-state index contributed by atoms with van der Waals surface area (Å²) >= 11 is 0. The molecule has 74 valence electrons. The highest BCUT2D eigenvalue weighted by Crippen LogP contribution is 2.39. The summed E-state index contributed by atoms with van der Waals surface area (Å²) in [5.74, 6) is 0.665. The molecule has 0 aliphatic heterocycles. The molecule has 0 aromatic carbocycles. The molecule has 0 radical (unpaired) electrons. The van der Waals surface area contributed by atoms with Crippen LogP contribution in [0.25, 0.3) is 0 Å². The first kappa shape index (κ1) is 10.6. The molecule has 0 heterocycles. The van der Waals surface area contributed by atoms with E-state index in [9.17, 15) is 5.26 Å². The van der Waals surface area contributed by atoms with Gasteiger partial charge in [-0.15, -0.1) is 0 Å². The van der Waals surface area contributed by atoms with Crippen molar-refractivity contribution in [3.05, 3.63) is 0 Å². The van der Waals surface area contributed by atoms with Crippen LogP contribution in [-0.4, -0.2) is 0 Å². The molecule has 0 aromatic rings. The lowest BCUT2D eigenvalue weighted by atomic mass is 9.75. The normalized spacial score (nSPS) is 22.3. The quantitative estimate of drug-likeness (QED) is 0.590. The van der Waals surface area contributed by atoms with Crippen LogP contribution in [0.3, 0.4) is 0 Å². The number of hydrogen-bond acceptors (Lipinski definition) is 1. The molecule has 0 bridgehead atoms. The van der Waals surface area contributed by atoms with Gasteiger partial charge in [0.05, 0.1) is 11.5 Å². The van der Waals surface area contributed by atoms with Crippen LogP contribution in [0.2, 0.25) is 0 Å². The number of hydrogen-bond donors (Lipinski definition) is 0. The third kappa shape index (κ3) is 3.03. The highest BCUT2D eigenvalue weighted by atomic mass is 14.4. The minimum Gasteiger partial charge on any atom is -0.198 e. The molecule has 1 nitrogen and oxygen atoms in total. The van der Waals surface area contributed by atoms with E-state index in [4.69, 9.17) is 0 Å². The zero-order valence-corrected chi connectivity index (χ0v) is 8.97. The average molecular weight is 179 g/mol. The largest absolute Gasteiger partial charge is 0.198 e. The van der Waals surface area contributed by atoms with Gasteiger partial charge in [-0.3, -0.25) is 0 Å². The van der Waals surface area contributed by atoms with Crippen molar-refractivity contribution in [1.82, 2.24) is 0 Å². The molecule has 0 unspecified atom stereocenters. The lowest BCUT2D eigenvalue weighted by Gasteiger charge is -2.26. The predicted molar refractivity (Wildman–Crippen MR) is 55.2 cm³/mol. The van der Waals surface area contributed by atoms with Gasteiger partial charge in [0.2, 0.25) is 0 Å². The van der Waals surface area contributed by atoms with Crippen LogP contribution in [-0.2, 0) is 0 Å². The minimum absolute atomic E-state index is 0.0324. The van der Waals surface area contributed by atoms with Gasteiger partial charge in [0.1, 0.15) is 0 Å². The molecular formula is C12H21N. The van der Waals surface area contributed by atoms with Crippen molar-refractivity contribution in [2.75, 3.05) is 0 Å². The molecule has 13 heavy (non-hydrogen) atoms. The Morgan fingerprint density at radius 2 is 1.69 bits per heavy atom. The zero-order chi connectivity index (χ0) is 9.73. The summed E-state index contributed by atoms with van der Waals surface area (Å²) in [4.78, 5) is 0. The van der Waals surface area contributed by atoms with E-state index >= 15 is 0 Å². The van der Waals surface area contributed by atoms with Crippen molar-refractivity contribution in [2.45, 2.75) is 58.8 Å². The summed E-state index contributed by atoms with van der Waals surface area (Å²) in [6.07, 6.45) is 8.58. The Morgan fingerprint density at radius 1 is 1.15 bits per heavy atom. The van der Waals surface area contributed by atoms with Gasteiger partial charge in [-0.1, -0.05) is 39.5 Å². The highest BCUT2D eigenvalue weighted by Gasteiger charge is 2.31. The van der Waals surface area contributed by atoms with Gasteiger partial charge in [-0.25, -0.2) is 0 Å². The Morgan fingerprint density at radius 3 is 2.08 bits per heavy atom. The molecule has 0 atom stereocenters. The van der Waals surface area contributed by atoms with Crippen molar-refractivity contribution in [3.8, 4) is 6.07 Å². The predicted octanol–water partition coefficient (Wildman–Crippen LogP) is 3.90. The van der Waals surface area contributed by atoms with Gasteiger partial charge in [0.25, 0.3) is 0 Å². The van der Waals surface area contributed by atoms with E-state index in [0.717, 1.165) is 19.3 Å². The Balaban J connectivity index is 2.60. The zero-order valence-electron chi connectivity index (χ0n) is 8.97. The van der Waals surface area contributed by atoms with Gasteiger partial charge in [-0.2, -0.15) is 5.26 Å². The topological polar surface area (TPSA) is 23.8 Å². The van der Waals surface area contributed by atoms with Crippen molar-refractivity contribution < 1.29 is 0 Å². The maximum atomic E-state index is 9.27. The van der Waals surface area contributed by atoms with E-state index in [2.05, 4.69) is 19.9 Å². The lowest BCUT2D eigenvalue weighted by Crippen LogP contribution is -2.19. The Labute approximate surface area is 82.1 Å². The van der Waals surface area contributed by atoms with E-state index in [-0.39, 0.29) is 5.41 Å². The summed E-state index contributed by atoms with van der Waals surface area (Å²) in [5.41, 5.74) is 0.0324. The first-order valence-electron chi connectivity index (χ1n) is 5.60. The van der Waals surface area contributed by atoms with Gasteiger partial charge in [0.15, 0.2) is 0 Å². The number of nitrogens with zero attached hydrogens (tertiary/aromatic N) is 1. The van der Waals surface area contributed by atoms with Crippen molar-refractivity contribution in [2.24, 2.45) is 11.3 Å². The summed E-state index contributed by atoms with van der Waals surface area (Å²) in [6, 6.07) is 2.59. The maximum Gasteiger partial charge on any atom is 0.0689 e. The molecule has 1 saturated carbocycles. The SMILES string of the molecule is CC(C)CC1(C#N)CCCCCC1. The molecule has 1 fully saturated rings. The summed E-state index contributed by atoms with van der Waals surface area (Å²) < 4.78 is 0. The van der Waals surface area contributed by atoms with Crippen molar-refractivity contribution in [3.63, 3.8) is 0 Å². The number of nitriles is 1. The van der Waals surface area contributed by atoms with E-state index in [1.54, 1.807) is 0 Å². The van der Waals surface area contributed by atoms with Gasteiger partial charge in [-0.05, 0) is 25.2 Å². The fraction of sp³-hybridized carbons (Fsp3) is 0.917. The average Bonchev–Trinajstić information content (AvgIpc) is 2.30. The van der Waals surface area contributed by atoms with Gasteiger partial charge >= 0.3 is 0 Å². The van der Waals surface area contributed by atoms with Gasteiger partial charge < -0.3 is 0 Å². The van der Waals surface area contributed by atoms with Crippen LogP contribution in [0.5, 0.6) is 0 Å². The number of rotatable bonds is 2. The summed E-state index contributed by atoms with van der Waals surface area (Å²) in [5, 5.41) is 9.27. The molecule has 0 amide bonds. The minimum atomic E-state index is 0.0324. The second-order valence-corrected chi connectivity index (χ2v) is 4.90. The molecule has 0 saturated heterocycles. The Bertz CT molecular complexity index is 180. The molecule has 0 N–H and O–H groups in total. The molecule has 1 aliphatic rings. The lowest BCUT2D eigenvalue weighted by molar-refractivity contribution is 0.274. The van der Waals surface area contributed by atoms with Crippen molar-refractivity contribution in [1.29, 1.82) is 5.26 Å². The van der Waals surface area contributed by atoms with Gasteiger partial charge in [0, 0.05) is 0 Å². The van der Waals surface area contributed by atoms with Crippen molar-refractivity contribution >= 4 is 0 Å². The Kier molecular flexibility index (Phi) is 3.78. The van der Waals surface area contributed by atoms with Crippen LogP contribution < -0.4 is 0 Å². The smallest absolute Gasteiger partial charge is 0.0689 e. The maximum absolute atomic E-state index is 9.27. The second kappa shape index (κ2) is 4.65. The van der Waals surface area contributed by atoms with Crippen LogP contribution >= 0.6 is 0 Å².